The molecule has 0 amide bonds. The van der Waals surface area contributed by atoms with E-state index in [2.05, 4.69) is 22.2 Å². The van der Waals surface area contributed by atoms with E-state index >= 15 is 0 Å². The molecule has 0 spiro atoms. The lowest BCUT2D eigenvalue weighted by atomic mass is 10.0. The molecule has 0 bridgehead atoms. The van der Waals surface area contributed by atoms with Gasteiger partial charge in [0.05, 0.1) is 19.6 Å². The van der Waals surface area contributed by atoms with Gasteiger partial charge >= 0.3 is 0 Å². The lowest BCUT2D eigenvalue weighted by molar-refractivity contribution is 0.354. The Morgan fingerprint density at radius 3 is 2.42 bits per heavy atom. The van der Waals surface area contributed by atoms with Crippen LogP contribution < -0.4 is 14.8 Å². The third-order valence-corrected chi connectivity index (χ3v) is 6.13. The summed E-state index contributed by atoms with van der Waals surface area (Å²) in [6.45, 7) is 4.65. The van der Waals surface area contributed by atoms with Crippen LogP contribution in [0.15, 0.2) is 42.5 Å². The van der Waals surface area contributed by atoms with E-state index < -0.39 is 0 Å². The van der Waals surface area contributed by atoms with Gasteiger partial charge in [0.2, 0.25) is 0 Å². The molecule has 0 aliphatic rings. The van der Waals surface area contributed by atoms with E-state index in [-0.39, 0.29) is 5.82 Å². The second-order valence-corrected chi connectivity index (χ2v) is 8.41. The Hall–Kier alpha value is -3.19. The minimum absolute atomic E-state index is 0.249. The molecule has 2 aromatic heterocycles. The molecule has 0 unspecified atom stereocenters. The van der Waals surface area contributed by atoms with Gasteiger partial charge in [0, 0.05) is 17.0 Å². The fourth-order valence-corrected chi connectivity index (χ4v) is 4.76. The molecule has 2 aromatic carbocycles. The summed E-state index contributed by atoms with van der Waals surface area (Å²) in [6, 6.07) is 12.5. The Morgan fingerprint density at radius 1 is 0.968 bits per heavy atom. The van der Waals surface area contributed by atoms with Gasteiger partial charge in [0.15, 0.2) is 11.5 Å². The fourth-order valence-electron chi connectivity index (χ4n) is 3.67. The van der Waals surface area contributed by atoms with Crippen LogP contribution in [0.5, 0.6) is 11.5 Å². The van der Waals surface area contributed by atoms with Gasteiger partial charge in [-0.05, 0) is 55.7 Å². The maximum atomic E-state index is 13.5. The highest BCUT2D eigenvalue weighted by Gasteiger charge is 2.18. The molecule has 0 saturated heterocycles. The molecule has 31 heavy (non-hydrogen) atoms. The Bertz CT molecular complexity index is 1220. The van der Waals surface area contributed by atoms with Crippen molar-refractivity contribution in [2.24, 2.45) is 0 Å². The topological polar surface area (TPSA) is 56.3 Å². The van der Waals surface area contributed by atoms with Crippen LogP contribution in [0.3, 0.4) is 0 Å². The van der Waals surface area contributed by atoms with Crippen LogP contribution in [0.2, 0.25) is 0 Å². The molecule has 0 aliphatic carbocycles. The molecule has 0 saturated carbocycles. The Kier molecular flexibility index (Phi) is 6.04. The number of rotatable bonds is 7. The van der Waals surface area contributed by atoms with E-state index in [0.29, 0.717) is 23.9 Å². The lowest BCUT2D eigenvalue weighted by Gasteiger charge is -2.12. The van der Waals surface area contributed by atoms with Gasteiger partial charge in [0.1, 0.15) is 22.3 Å². The number of anilines is 1. The molecule has 4 rings (SSSR count). The molecule has 0 radical (unpaired) electrons. The third-order valence-electron chi connectivity index (χ3n) is 5.13. The van der Waals surface area contributed by atoms with Crippen molar-refractivity contribution in [3.63, 3.8) is 0 Å². The smallest absolute Gasteiger partial charge is 0.160 e. The largest absolute Gasteiger partial charge is 0.493 e. The SMILES string of the molecule is COc1ccc(CCNc2nc(C)nc3sc(C)c(-c4ccc(F)cc4)c23)cc1OC. The number of nitrogens with one attached hydrogen (secondary N) is 1. The minimum atomic E-state index is -0.249. The maximum absolute atomic E-state index is 13.5. The van der Waals surface area contributed by atoms with Gasteiger partial charge in [-0.15, -0.1) is 11.3 Å². The van der Waals surface area contributed by atoms with Crippen molar-refractivity contribution in [1.82, 2.24) is 9.97 Å². The van der Waals surface area contributed by atoms with Crippen LogP contribution >= 0.6 is 11.3 Å². The zero-order valence-electron chi connectivity index (χ0n) is 18.0. The van der Waals surface area contributed by atoms with Crippen molar-refractivity contribution in [3.05, 3.63) is 64.5 Å². The Morgan fingerprint density at radius 2 is 1.71 bits per heavy atom. The van der Waals surface area contributed by atoms with Gasteiger partial charge in [-0.1, -0.05) is 18.2 Å². The fraction of sp³-hybridized carbons (Fsp3) is 0.250. The van der Waals surface area contributed by atoms with Crippen molar-refractivity contribution in [2.45, 2.75) is 20.3 Å². The summed E-state index contributed by atoms with van der Waals surface area (Å²) < 4.78 is 24.2. The first-order valence-corrected chi connectivity index (χ1v) is 10.8. The van der Waals surface area contributed by atoms with Crippen molar-refractivity contribution >= 4 is 27.4 Å². The van der Waals surface area contributed by atoms with Crippen LogP contribution in [0.4, 0.5) is 10.2 Å². The van der Waals surface area contributed by atoms with Gasteiger partial charge in [-0.2, -0.15) is 0 Å². The van der Waals surface area contributed by atoms with Crippen LogP contribution in [0, 0.1) is 19.7 Å². The predicted octanol–water partition coefficient (Wildman–Crippen LogP) is 5.79. The number of hydrogen-bond donors (Lipinski definition) is 1. The lowest BCUT2D eigenvalue weighted by Crippen LogP contribution is -2.08. The average Bonchev–Trinajstić information content (AvgIpc) is 3.09. The second kappa shape index (κ2) is 8.89. The number of methoxy groups -OCH3 is 2. The molecule has 7 heteroatoms. The first-order chi connectivity index (χ1) is 15.0. The van der Waals surface area contributed by atoms with Crippen molar-refractivity contribution in [1.29, 1.82) is 0 Å². The number of aromatic nitrogens is 2. The summed E-state index contributed by atoms with van der Waals surface area (Å²) in [5, 5.41) is 4.47. The number of hydrogen-bond acceptors (Lipinski definition) is 6. The van der Waals surface area contributed by atoms with Crippen LogP contribution in [-0.2, 0) is 6.42 Å². The quantitative estimate of drug-likeness (QED) is 0.397. The molecule has 4 aromatic rings. The number of fused-ring (bicyclic) bond motifs is 1. The zero-order valence-corrected chi connectivity index (χ0v) is 18.8. The van der Waals surface area contributed by atoms with E-state index in [0.717, 1.165) is 44.0 Å². The molecule has 0 atom stereocenters. The van der Waals surface area contributed by atoms with Crippen molar-refractivity contribution in [3.8, 4) is 22.6 Å². The predicted molar refractivity (Wildman–Crippen MR) is 124 cm³/mol. The molecule has 2 heterocycles. The Labute approximate surface area is 184 Å². The van der Waals surface area contributed by atoms with Gasteiger partial charge < -0.3 is 14.8 Å². The summed E-state index contributed by atoms with van der Waals surface area (Å²) in [6.07, 6.45) is 0.792. The molecular formula is C24H24FN3O2S. The molecule has 160 valence electrons. The maximum Gasteiger partial charge on any atom is 0.160 e. The second-order valence-electron chi connectivity index (χ2n) is 7.21. The van der Waals surface area contributed by atoms with Crippen molar-refractivity contribution in [2.75, 3.05) is 26.1 Å². The van der Waals surface area contributed by atoms with Crippen LogP contribution in [0.25, 0.3) is 21.3 Å². The highest BCUT2D eigenvalue weighted by atomic mass is 32.1. The molecular weight excluding hydrogens is 413 g/mol. The van der Waals surface area contributed by atoms with Gasteiger partial charge in [0.25, 0.3) is 0 Å². The normalized spacial score (nSPS) is 11.0. The average molecular weight is 438 g/mol. The van der Waals surface area contributed by atoms with Crippen molar-refractivity contribution < 1.29 is 13.9 Å². The van der Waals surface area contributed by atoms with E-state index in [1.54, 1.807) is 37.7 Å². The number of aryl methyl sites for hydroxylation is 2. The van der Waals surface area contributed by atoms with E-state index in [1.807, 2.05) is 25.1 Å². The van der Waals surface area contributed by atoms with Crippen LogP contribution in [0.1, 0.15) is 16.3 Å². The monoisotopic (exact) mass is 437 g/mol. The highest BCUT2D eigenvalue weighted by Crippen LogP contribution is 2.40. The molecule has 1 N–H and O–H groups in total. The van der Waals surface area contributed by atoms with Gasteiger partial charge in [-0.3, -0.25) is 0 Å². The number of ether oxygens (including phenoxy) is 2. The number of nitrogens with zero attached hydrogens (tertiary/aromatic N) is 2. The summed E-state index contributed by atoms with van der Waals surface area (Å²) in [5.41, 5.74) is 3.14. The third kappa shape index (κ3) is 4.32. The van der Waals surface area contributed by atoms with Gasteiger partial charge in [-0.25, -0.2) is 14.4 Å². The first-order valence-electron chi connectivity index (χ1n) is 9.98. The number of halogens is 1. The minimum Gasteiger partial charge on any atom is -0.493 e. The van der Waals surface area contributed by atoms with E-state index in [1.165, 1.54) is 12.1 Å². The molecule has 0 aliphatic heterocycles. The first kappa shape index (κ1) is 21.1. The van der Waals surface area contributed by atoms with E-state index in [9.17, 15) is 4.39 Å². The van der Waals surface area contributed by atoms with Crippen LogP contribution in [-0.4, -0.2) is 30.7 Å². The van der Waals surface area contributed by atoms with E-state index in [4.69, 9.17) is 9.47 Å². The standard InChI is InChI=1S/C24H24FN3O2S/c1-14-21(17-6-8-18(25)9-7-17)22-23(27-15(2)28-24(22)31-14)26-12-11-16-5-10-19(29-3)20(13-16)30-4/h5-10,13H,11-12H2,1-4H3,(H,26,27,28). The summed E-state index contributed by atoms with van der Waals surface area (Å²) >= 11 is 1.63. The Balaban J connectivity index is 1.64. The number of thiophene rings is 1. The molecule has 0 fully saturated rings. The zero-order chi connectivity index (χ0) is 22.0. The summed E-state index contributed by atoms with van der Waals surface area (Å²) in [5.74, 6) is 2.69. The molecule has 5 nitrogen and oxygen atoms in total. The summed E-state index contributed by atoms with van der Waals surface area (Å²) in [4.78, 5) is 11.4. The number of benzene rings is 2. The summed E-state index contributed by atoms with van der Waals surface area (Å²) in [7, 11) is 3.26. The highest BCUT2D eigenvalue weighted by molar-refractivity contribution is 7.19.